The molecule has 0 aromatic carbocycles. The number of morpholine rings is 1. The number of furan rings is 1. The molecule has 0 aliphatic carbocycles. The summed E-state index contributed by atoms with van der Waals surface area (Å²) in [5.74, 6) is 0.232. The van der Waals surface area contributed by atoms with Crippen LogP contribution in [0.1, 0.15) is 5.76 Å². The van der Waals surface area contributed by atoms with Crippen LogP contribution in [0, 0.1) is 11.3 Å². The fourth-order valence-corrected chi connectivity index (χ4v) is 1.59. The highest BCUT2D eigenvalue weighted by Gasteiger charge is 2.20. The third kappa shape index (κ3) is 2.74. The molecule has 0 N–H and O–H groups in total. The van der Waals surface area contributed by atoms with Crippen molar-refractivity contribution in [3.8, 4) is 6.07 Å². The topological polar surface area (TPSA) is 66.5 Å². The number of hydrogen-bond acceptors (Lipinski definition) is 4. The molecule has 0 spiro atoms. The minimum absolute atomic E-state index is 0.0850. The average molecular weight is 232 g/mol. The first kappa shape index (κ1) is 11.4. The van der Waals surface area contributed by atoms with Gasteiger partial charge in [0.25, 0.3) is 5.91 Å². The molecule has 1 aliphatic heterocycles. The first-order chi connectivity index (χ1) is 8.31. The Morgan fingerprint density at radius 1 is 1.47 bits per heavy atom. The van der Waals surface area contributed by atoms with Crippen LogP contribution >= 0.6 is 0 Å². The number of amides is 1. The molecule has 0 unspecified atom stereocenters. The summed E-state index contributed by atoms with van der Waals surface area (Å²) in [4.78, 5) is 13.6. The number of nitrogens with zero attached hydrogens (tertiary/aromatic N) is 2. The van der Waals surface area contributed by atoms with E-state index in [-0.39, 0.29) is 11.5 Å². The molecule has 88 valence electrons. The Balaban J connectivity index is 2.13. The zero-order valence-corrected chi connectivity index (χ0v) is 9.26. The molecule has 1 fully saturated rings. The number of hydrogen-bond donors (Lipinski definition) is 0. The lowest BCUT2D eigenvalue weighted by Gasteiger charge is -2.26. The summed E-state index contributed by atoms with van der Waals surface area (Å²) in [6.07, 6.45) is 2.96. The van der Waals surface area contributed by atoms with E-state index < -0.39 is 0 Å². The Morgan fingerprint density at radius 3 is 2.82 bits per heavy atom. The number of rotatable bonds is 2. The Hall–Kier alpha value is -2.06. The van der Waals surface area contributed by atoms with Crippen molar-refractivity contribution in [3.63, 3.8) is 0 Å². The van der Waals surface area contributed by atoms with Crippen LogP contribution in [0.15, 0.2) is 28.4 Å². The largest absolute Gasteiger partial charge is 0.465 e. The van der Waals surface area contributed by atoms with E-state index in [1.807, 2.05) is 6.07 Å². The lowest BCUT2D eigenvalue weighted by Crippen LogP contribution is -2.41. The maximum atomic E-state index is 12.0. The summed E-state index contributed by atoms with van der Waals surface area (Å²) in [7, 11) is 0. The first-order valence-electron chi connectivity index (χ1n) is 5.33. The molecule has 1 amide bonds. The van der Waals surface area contributed by atoms with Gasteiger partial charge in [0.1, 0.15) is 17.4 Å². The lowest BCUT2D eigenvalue weighted by atomic mass is 10.2. The summed E-state index contributed by atoms with van der Waals surface area (Å²) in [5.41, 5.74) is 0.0850. The third-order valence-corrected chi connectivity index (χ3v) is 2.48. The molecule has 1 aromatic heterocycles. The Kier molecular flexibility index (Phi) is 3.58. The van der Waals surface area contributed by atoms with E-state index in [2.05, 4.69) is 0 Å². The van der Waals surface area contributed by atoms with Crippen LogP contribution in [0.3, 0.4) is 0 Å². The molecule has 0 bridgehead atoms. The van der Waals surface area contributed by atoms with E-state index in [9.17, 15) is 4.79 Å². The number of ether oxygens (including phenoxy) is 1. The van der Waals surface area contributed by atoms with Crippen molar-refractivity contribution in [2.24, 2.45) is 0 Å². The number of nitriles is 1. The minimum atomic E-state index is -0.271. The molecule has 17 heavy (non-hydrogen) atoms. The Morgan fingerprint density at radius 2 is 2.24 bits per heavy atom. The predicted octanol–water partition coefficient (Wildman–Crippen LogP) is 1.05. The molecule has 2 heterocycles. The van der Waals surface area contributed by atoms with Crippen LogP contribution in [0.4, 0.5) is 0 Å². The van der Waals surface area contributed by atoms with Crippen LogP contribution < -0.4 is 0 Å². The summed E-state index contributed by atoms with van der Waals surface area (Å²) < 4.78 is 10.2. The Bertz CT molecular complexity index is 451. The van der Waals surface area contributed by atoms with E-state index >= 15 is 0 Å². The van der Waals surface area contributed by atoms with Gasteiger partial charge in [-0.3, -0.25) is 4.79 Å². The molecule has 0 saturated carbocycles. The van der Waals surface area contributed by atoms with Crippen LogP contribution in [0.25, 0.3) is 6.08 Å². The summed E-state index contributed by atoms with van der Waals surface area (Å²) >= 11 is 0. The second kappa shape index (κ2) is 5.32. The molecule has 0 atom stereocenters. The normalized spacial score (nSPS) is 16.6. The van der Waals surface area contributed by atoms with Gasteiger partial charge in [0.2, 0.25) is 0 Å². The van der Waals surface area contributed by atoms with Crippen molar-refractivity contribution < 1.29 is 13.9 Å². The van der Waals surface area contributed by atoms with E-state index in [4.69, 9.17) is 14.4 Å². The van der Waals surface area contributed by atoms with Crippen LogP contribution in [0.5, 0.6) is 0 Å². The molecule has 5 heteroatoms. The van der Waals surface area contributed by atoms with Crippen molar-refractivity contribution in [1.82, 2.24) is 4.90 Å². The van der Waals surface area contributed by atoms with Gasteiger partial charge in [0.05, 0.1) is 19.5 Å². The van der Waals surface area contributed by atoms with Crippen molar-refractivity contribution in [2.45, 2.75) is 0 Å². The van der Waals surface area contributed by atoms with Gasteiger partial charge < -0.3 is 14.1 Å². The second-order valence-electron chi connectivity index (χ2n) is 3.59. The fraction of sp³-hybridized carbons (Fsp3) is 0.333. The van der Waals surface area contributed by atoms with E-state index in [0.29, 0.717) is 32.1 Å². The highest BCUT2D eigenvalue weighted by atomic mass is 16.5. The smallest absolute Gasteiger partial charge is 0.264 e. The zero-order valence-electron chi connectivity index (χ0n) is 9.26. The van der Waals surface area contributed by atoms with Crippen LogP contribution in [-0.2, 0) is 9.53 Å². The van der Waals surface area contributed by atoms with Gasteiger partial charge >= 0.3 is 0 Å². The fourth-order valence-electron chi connectivity index (χ4n) is 1.59. The quantitative estimate of drug-likeness (QED) is 0.564. The van der Waals surface area contributed by atoms with Crippen molar-refractivity contribution >= 4 is 12.0 Å². The van der Waals surface area contributed by atoms with Crippen LogP contribution in [-0.4, -0.2) is 37.1 Å². The molecule has 2 rings (SSSR count). The molecular weight excluding hydrogens is 220 g/mol. The maximum Gasteiger partial charge on any atom is 0.264 e. The standard InChI is InChI=1S/C12H12N2O3/c13-9-10(8-11-2-1-5-17-11)12(15)14-3-6-16-7-4-14/h1-2,5,8H,3-4,6-7H2/b10-8+. The Labute approximate surface area is 98.9 Å². The van der Waals surface area contributed by atoms with Crippen molar-refractivity contribution in [1.29, 1.82) is 5.26 Å². The van der Waals surface area contributed by atoms with Crippen LogP contribution in [0.2, 0.25) is 0 Å². The average Bonchev–Trinajstić information content (AvgIpc) is 2.89. The third-order valence-electron chi connectivity index (χ3n) is 2.48. The van der Waals surface area contributed by atoms with Gasteiger partial charge in [0, 0.05) is 19.2 Å². The van der Waals surface area contributed by atoms with Crippen molar-refractivity contribution in [3.05, 3.63) is 29.7 Å². The molecular formula is C12H12N2O3. The zero-order chi connectivity index (χ0) is 12.1. The molecule has 0 radical (unpaired) electrons. The van der Waals surface area contributed by atoms with Gasteiger partial charge in [-0.25, -0.2) is 0 Å². The highest BCUT2D eigenvalue weighted by molar-refractivity contribution is 6.01. The molecule has 5 nitrogen and oxygen atoms in total. The highest BCUT2D eigenvalue weighted by Crippen LogP contribution is 2.10. The summed E-state index contributed by atoms with van der Waals surface area (Å²) in [6.45, 7) is 2.09. The summed E-state index contributed by atoms with van der Waals surface area (Å²) in [6, 6.07) is 5.31. The van der Waals surface area contributed by atoms with E-state index in [1.165, 1.54) is 12.3 Å². The van der Waals surface area contributed by atoms with Gasteiger partial charge in [-0.15, -0.1) is 0 Å². The van der Waals surface area contributed by atoms with E-state index in [0.717, 1.165) is 0 Å². The van der Waals surface area contributed by atoms with Gasteiger partial charge in [-0.2, -0.15) is 5.26 Å². The second-order valence-corrected chi connectivity index (χ2v) is 3.59. The summed E-state index contributed by atoms with van der Waals surface area (Å²) in [5, 5.41) is 8.99. The molecule has 1 aliphatic rings. The molecule has 1 saturated heterocycles. The molecule has 1 aromatic rings. The first-order valence-corrected chi connectivity index (χ1v) is 5.33. The van der Waals surface area contributed by atoms with Gasteiger partial charge in [-0.05, 0) is 12.1 Å². The number of carbonyl (C=O) groups excluding carboxylic acids is 1. The minimum Gasteiger partial charge on any atom is -0.465 e. The lowest BCUT2D eigenvalue weighted by molar-refractivity contribution is -0.130. The predicted molar refractivity (Wildman–Crippen MR) is 59.7 cm³/mol. The van der Waals surface area contributed by atoms with E-state index in [1.54, 1.807) is 17.0 Å². The maximum absolute atomic E-state index is 12.0. The monoisotopic (exact) mass is 232 g/mol. The van der Waals surface area contributed by atoms with Gasteiger partial charge in [0.15, 0.2) is 0 Å². The SMILES string of the molecule is N#C/C(=C\c1ccco1)C(=O)N1CCOCC1. The van der Waals surface area contributed by atoms with Gasteiger partial charge in [-0.1, -0.05) is 0 Å². The van der Waals surface area contributed by atoms with Crippen molar-refractivity contribution in [2.75, 3.05) is 26.3 Å². The number of carbonyl (C=O) groups is 1.